The minimum Gasteiger partial charge on any atom is -0.186 e. The van der Waals surface area contributed by atoms with Gasteiger partial charge < -0.3 is 0 Å². The molecule has 2 aromatic carbocycles. The number of benzene rings is 2. The van der Waals surface area contributed by atoms with Crippen LogP contribution in [0.25, 0.3) is 4.96 Å². The number of hydrogen-bond donors (Lipinski definition) is 0. The molecule has 0 bridgehead atoms. The summed E-state index contributed by atoms with van der Waals surface area (Å²) in [5.41, 5.74) is 1.33. The normalized spacial score (nSPS) is 11.2. The van der Waals surface area contributed by atoms with E-state index in [-0.39, 0.29) is 0 Å². The second-order valence-electron chi connectivity index (χ2n) is 5.39. The van der Waals surface area contributed by atoms with Gasteiger partial charge in [-0.1, -0.05) is 59.9 Å². The van der Waals surface area contributed by atoms with Crippen LogP contribution in [0.5, 0.6) is 0 Å². The van der Waals surface area contributed by atoms with Gasteiger partial charge in [-0.2, -0.15) is 9.61 Å². The van der Waals surface area contributed by atoms with Crippen molar-refractivity contribution in [3.05, 3.63) is 77.1 Å². The number of fused-ring (bicyclic) bond motifs is 1. The Labute approximate surface area is 158 Å². The van der Waals surface area contributed by atoms with Gasteiger partial charge in [-0.15, -0.1) is 33.7 Å². The lowest BCUT2D eigenvalue weighted by Crippen LogP contribution is -1.95. The van der Waals surface area contributed by atoms with Gasteiger partial charge in [0.2, 0.25) is 4.96 Å². The molecule has 25 heavy (non-hydrogen) atoms. The Morgan fingerprint density at radius 2 is 1.60 bits per heavy atom. The summed E-state index contributed by atoms with van der Waals surface area (Å²) in [5.74, 6) is 3.55. The number of rotatable bonds is 7. The van der Waals surface area contributed by atoms with Crippen molar-refractivity contribution in [1.29, 1.82) is 0 Å². The van der Waals surface area contributed by atoms with Crippen LogP contribution in [-0.2, 0) is 17.3 Å². The lowest BCUT2D eigenvalue weighted by molar-refractivity contribution is 0.866. The highest BCUT2D eigenvalue weighted by Crippen LogP contribution is 2.26. The fourth-order valence-corrected chi connectivity index (χ4v) is 4.99. The van der Waals surface area contributed by atoms with Gasteiger partial charge in [0.05, 0.1) is 11.5 Å². The van der Waals surface area contributed by atoms with Crippen LogP contribution in [0.15, 0.2) is 65.6 Å². The van der Waals surface area contributed by atoms with Crippen LogP contribution in [0.1, 0.15) is 16.4 Å². The van der Waals surface area contributed by atoms with Gasteiger partial charge in [0.15, 0.2) is 5.82 Å². The molecule has 7 heteroatoms. The number of thioether (sulfide) groups is 2. The smallest absolute Gasteiger partial charge is 0.186 e. The molecule has 0 radical (unpaired) electrons. The maximum Gasteiger partial charge on any atom is 0.234 e. The lowest BCUT2D eigenvalue weighted by atomic mass is 10.2. The van der Waals surface area contributed by atoms with Crippen LogP contribution in [0.3, 0.4) is 0 Å². The summed E-state index contributed by atoms with van der Waals surface area (Å²) < 4.78 is 1.89. The summed E-state index contributed by atoms with van der Waals surface area (Å²) in [5, 5.41) is 14.3. The van der Waals surface area contributed by atoms with Crippen LogP contribution in [0, 0.1) is 0 Å². The molecule has 4 aromatic rings. The summed E-state index contributed by atoms with van der Waals surface area (Å²) in [6, 6.07) is 20.9. The van der Waals surface area contributed by atoms with Crippen molar-refractivity contribution in [1.82, 2.24) is 19.8 Å². The Hall–Kier alpha value is -1.83. The Morgan fingerprint density at radius 1 is 0.840 bits per heavy atom. The molecule has 0 aliphatic carbocycles. The van der Waals surface area contributed by atoms with Gasteiger partial charge in [0.25, 0.3) is 0 Å². The zero-order valence-electron chi connectivity index (χ0n) is 13.4. The molecule has 0 fully saturated rings. The third-order valence-electron chi connectivity index (χ3n) is 3.55. The Balaban J connectivity index is 1.38. The first-order valence-electron chi connectivity index (χ1n) is 7.88. The number of hydrogen-bond acceptors (Lipinski definition) is 6. The summed E-state index contributed by atoms with van der Waals surface area (Å²) in [7, 11) is 0. The molecule has 0 saturated heterocycles. The van der Waals surface area contributed by atoms with E-state index in [9.17, 15) is 0 Å². The van der Waals surface area contributed by atoms with E-state index < -0.39 is 0 Å². The van der Waals surface area contributed by atoms with Gasteiger partial charge >= 0.3 is 0 Å². The minimum absolute atomic E-state index is 0.811. The Morgan fingerprint density at radius 3 is 2.40 bits per heavy atom. The monoisotopic (exact) mass is 384 g/mol. The van der Waals surface area contributed by atoms with Gasteiger partial charge in [-0.05, 0) is 17.7 Å². The average molecular weight is 385 g/mol. The van der Waals surface area contributed by atoms with E-state index in [1.165, 1.54) is 10.5 Å². The predicted molar refractivity (Wildman–Crippen MR) is 106 cm³/mol. The molecule has 0 spiro atoms. The third-order valence-corrected chi connectivity index (χ3v) is 6.65. The van der Waals surface area contributed by atoms with Gasteiger partial charge in [-0.3, -0.25) is 0 Å². The molecular formula is C18H16N4S3. The molecule has 2 aromatic heterocycles. The molecule has 0 atom stereocenters. The SMILES string of the molecule is c1ccc(CSCc2nnc3sc(CSc4ccccc4)nn23)cc1. The van der Waals surface area contributed by atoms with Crippen molar-refractivity contribution in [2.24, 2.45) is 0 Å². The van der Waals surface area contributed by atoms with E-state index in [0.29, 0.717) is 0 Å². The summed E-state index contributed by atoms with van der Waals surface area (Å²) in [4.78, 5) is 2.13. The summed E-state index contributed by atoms with van der Waals surface area (Å²) in [6.45, 7) is 0. The van der Waals surface area contributed by atoms with Crippen molar-refractivity contribution >= 4 is 39.8 Å². The van der Waals surface area contributed by atoms with E-state index in [1.807, 2.05) is 28.4 Å². The highest BCUT2D eigenvalue weighted by Gasteiger charge is 2.12. The van der Waals surface area contributed by atoms with Gasteiger partial charge in [0, 0.05) is 10.6 Å². The van der Waals surface area contributed by atoms with Gasteiger partial charge in [-0.25, -0.2) is 0 Å². The van der Waals surface area contributed by atoms with Crippen molar-refractivity contribution in [3.63, 3.8) is 0 Å². The summed E-state index contributed by atoms with van der Waals surface area (Å²) >= 11 is 5.24. The fourth-order valence-electron chi connectivity index (χ4n) is 2.34. The second kappa shape index (κ2) is 8.03. The largest absolute Gasteiger partial charge is 0.234 e. The first-order chi connectivity index (χ1) is 12.4. The molecular weight excluding hydrogens is 368 g/mol. The minimum atomic E-state index is 0.811. The molecule has 0 N–H and O–H groups in total. The van der Waals surface area contributed by atoms with Crippen molar-refractivity contribution in [2.45, 2.75) is 22.2 Å². The molecule has 0 aliphatic heterocycles. The third kappa shape index (κ3) is 4.23. The lowest BCUT2D eigenvalue weighted by Gasteiger charge is -2.00. The average Bonchev–Trinajstić information content (AvgIpc) is 3.23. The van der Waals surface area contributed by atoms with E-state index >= 15 is 0 Å². The molecule has 0 unspecified atom stereocenters. The van der Waals surface area contributed by atoms with Crippen molar-refractivity contribution in [3.8, 4) is 0 Å². The molecule has 0 aliphatic rings. The maximum atomic E-state index is 4.69. The quantitative estimate of drug-likeness (QED) is 0.424. The van der Waals surface area contributed by atoms with Gasteiger partial charge in [0.1, 0.15) is 5.01 Å². The van der Waals surface area contributed by atoms with E-state index in [4.69, 9.17) is 0 Å². The molecule has 126 valence electrons. The highest BCUT2D eigenvalue weighted by atomic mass is 32.2. The zero-order chi connectivity index (χ0) is 16.9. The molecule has 0 saturated carbocycles. The Kier molecular flexibility index (Phi) is 5.34. The standard InChI is InChI=1S/C18H16N4S3/c1-3-7-14(8-4-1)11-23-12-16-19-20-18-22(16)21-17(25-18)13-24-15-9-5-2-6-10-15/h1-10H,11-13H2. The van der Waals surface area contributed by atoms with Crippen molar-refractivity contribution in [2.75, 3.05) is 0 Å². The van der Waals surface area contributed by atoms with E-state index in [0.717, 1.165) is 33.1 Å². The van der Waals surface area contributed by atoms with E-state index in [2.05, 4.69) is 63.8 Å². The molecule has 2 heterocycles. The van der Waals surface area contributed by atoms with Crippen LogP contribution in [0.2, 0.25) is 0 Å². The molecule has 4 rings (SSSR count). The maximum absolute atomic E-state index is 4.69. The second-order valence-corrected chi connectivity index (χ2v) is 8.46. The highest BCUT2D eigenvalue weighted by molar-refractivity contribution is 7.98. The van der Waals surface area contributed by atoms with Crippen LogP contribution < -0.4 is 0 Å². The number of aromatic nitrogens is 4. The first-order valence-corrected chi connectivity index (χ1v) is 10.8. The van der Waals surface area contributed by atoms with Crippen LogP contribution in [0.4, 0.5) is 0 Å². The fraction of sp³-hybridized carbons (Fsp3) is 0.167. The number of nitrogens with zero attached hydrogens (tertiary/aromatic N) is 4. The first kappa shape index (κ1) is 16.6. The predicted octanol–water partition coefficient (Wildman–Crippen LogP) is 4.91. The topological polar surface area (TPSA) is 43.1 Å². The summed E-state index contributed by atoms with van der Waals surface area (Å²) in [6.07, 6.45) is 0. The molecule has 4 nitrogen and oxygen atoms in total. The zero-order valence-corrected chi connectivity index (χ0v) is 15.9. The Bertz CT molecular complexity index is 935. The molecule has 0 amide bonds. The van der Waals surface area contributed by atoms with Crippen molar-refractivity contribution < 1.29 is 0 Å². The van der Waals surface area contributed by atoms with E-state index in [1.54, 1.807) is 23.1 Å². The van der Waals surface area contributed by atoms with Crippen LogP contribution in [-0.4, -0.2) is 19.8 Å². The van der Waals surface area contributed by atoms with Crippen LogP contribution >= 0.6 is 34.9 Å².